The number of aromatic nitrogens is 4. The third kappa shape index (κ3) is 12.9. The number of hydrogen-bond acceptors (Lipinski definition) is 14. The summed E-state index contributed by atoms with van der Waals surface area (Å²) < 4.78 is 53.0. The highest BCUT2D eigenvalue weighted by Gasteiger charge is 2.38. The molecule has 2 atom stereocenters. The number of benzene rings is 2. The summed E-state index contributed by atoms with van der Waals surface area (Å²) in [7, 11) is 0. The van der Waals surface area contributed by atoms with Gasteiger partial charge in [0.15, 0.2) is 23.2 Å². The van der Waals surface area contributed by atoms with Gasteiger partial charge in [-0.25, -0.2) is 8.78 Å². The first-order valence-electron chi connectivity index (χ1n) is 35.1. The summed E-state index contributed by atoms with van der Waals surface area (Å²) in [5, 5.41) is 47.5. The number of nitrogens with zero attached hydrogens (tertiary/aromatic N) is 8. The number of nitriles is 4. The molecular weight excluding hydrogens is 1310 g/mol. The van der Waals surface area contributed by atoms with Gasteiger partial charge in [-0.2, -0.15) is 41.1 Å². The Morgan fingerprint density at radius 1 is 0.479 bits per heavy atom. The zero-order chi connectivity index (χ0) is 67.3. The second-order valence-electron chi connectivity index (χ2n) is 26.8. The number of thiophene rings is 5. The molecule has 0 N–H and O–H groups in total. The molecule has 0 saturated heterocycles. The van der Waals surface area contributed by atoms with E-state index < -0.39 is 17.4 Å². The Labute approximate surface area is 585 Å². The van der Waals surface area contributed by atoms with Crippen molar-refractivity contribution in [3.8, 4) is 24.3 Å². The molecule has 0 bridgehead atoms. The van der Waals surface area contributed by atoms with E-state index in [4.69, 9.17) is 8.75 Å². The maximum absolute atomic E-state index is 15.2. The summed E-state index contributed by atoms with van der Waals surface area (Å²) in [6.45, 7) is 15.2. The van der Waals surface area contributed by atoms with Gasteiger partial charge >= 0.3 is 0 Å². The molecule has 96 heavy (non-hydrogen) atoms. The van der Waals surface area contributed by atoms with Gasteiger partial charge in [-0.3, -0.25) is 9.59 Å². The van der Waals surface area contributed by atoms with Crippen molar-refractivity contribution in [3.63, 3.8) is 0 Å². The van der Waals surface area contributed by atoms with Crippen LogP contribution >= 0.6 is 68.4 Å². The van der Waals surface area contributed by atoms with Crippen LogP contribution < -0.4 is 0 Å². The predicted molar refractivity (Wildman–Crippen MR) is 401 cm³/mol. The van der Waals surface area contributed by atoms with Gasteiger partial charge < -0.3 is 9.13 Å². The fourth-order valence-corrected chi connectivity index (χ4v) is 22.2. The molecule has 0 aliphatic heterocycles. The molecule has 10 nitrogen and oxygen atoms in total. The Balaban J connectivity index is 1.11. The second kappa shape index (κ2) is 30.8. The number of Topliss-reactive ketones (excluding diaryl/α,β-unsaturated/α-hetero) is 2. The van der Waals surface area contributed by atoms with Crippen molar-refractivity contribution in [2.45, 2.75) is 222 Å². The molecule has 496 valence electrons. The largest absolute Gasteiger partial charge is 0.337 e. The minimum absolute atomic E-state index is 0.0279. The van der Waals surface area contributed by atoms with Crippen molar-refractivity contribution >= 4 is 175 Å². The molecule has 2 aliphatic rings. The van der Waals surface area contributed by atoms with E-state index >= 15 is 8.78 Å². The van der Waals surface area contributed by atoms with Crippen molar-refractivity contribution in [2.24, 2.45) is 11.8 Å². The average molecular weight is 1390 g/mol. The number of carbonyl (C=O) groups excluding carboxylic acids is 2. The highest BCUT2D eigenvalue weighted by Crippen LogP contribution is 2.56. The number of halogens is 2. The van der Waals surface area contributed by atoms with Gasteiger partial charge in [0, 0.05) is 78.0 Å². The number of aryl methyl sites for hydroxylation is 2. The zero-order valence-corrected chi connectivity index (χ0v) is 60.9. The van der Waals surface area contributed by atoms with E-state index in [1.54, 1.807) is 40.1 Å². The molecular formula is C78H82F2N8O2S6. The Morgan fingerprint density at radius 3 is 1.29 bits per heavy atom. The van der Waals surface area contributed by atoms with Crippen molar-refractivity contribution in [2.75, 3.05) is 0 Å². The first-order valence-corrected chi connectivity index (χ1v) is 40.0. The topological polar surface area (TPSA) is 165 Å². The summed E-state index contributed by atoms with van der Waals surface area (Å²) in [4.78, 5) is 31.1. The second-order valence-corrected chi connectivity index (χ2v) is 32.2. The van der Waals surface area contributed by atoms with Gasteiger partial charge in [-0.1, -0.05) is 170 Å². The van der Waals surface area contributed by atoms with Crippen LogP contribution in [0.4, 0.5) is 8.78 Å². The minimum Gasteiger partial charge on any atom is -0.337 e. The molecule has 2 unspecified atom stereocenters. The standard InChI is InChI=1S/C78H82F2N8O2S6/c1-7-11-15-17-19-21-23-25-27-31-49-59(35-53-61(47(37-81)38-82)51-33-57(79)58(80)34-52(51)71(53)89)92-77-69-75(94-73(49)77)63-65-66(86-96-85-65)64-68(67(63)87(69)41-45(5)29-13-9-3)88(42-46(6)30-14-10-4)70-76(64)95-74-50(32-28-26-24-22-20-18-16-12-8-2)60(93-78(70)74)36-54-62(48(39-83)40-84)55-43-91-44-56(55)72(54)90/h33-36,43-46H,7-32,41-42H2,1-6H3/b53-35-,54-36-. The third-order valence-corrected chi connectivity index (χ3v) is 26.3. The van der Waals surface area contributed by atoms with E-state index in [-0.39, 0.29) is 45.1 Å². The molecule has 0 fully saturated rings. The summed E-state index contributed by atoms with van der Waals surface area (Å²) >= 11 is 9.60. The smallest absolute Gasteiger partial charge is 0.195 e. The first-order chi connectivity index (χ1) is 46.9. The van der Waals surface area contributed by atoms with Crippen LogP contribution in [-0.2, 0) is 25.9 Å². The molecule has 2 aromatic carbocycles. The number of hydrogen-bond donors (Lipinski definition) is 0. The SMILES string of the molecule is CCCCCCCCCCCc1c(/C=C2\C(=O)c3cscc3C2=C(C#N)C#N)sc2c1sc1c3c4nsnc4c4c5sc6c(CCCCCCCCCCC)c(/C=C7\C(=O)c8cc(F)c(F)cc8C7=C(C#N)C#N)sc6c5n(CC(C)CCCC)c4c3n(CC(C)CCCC)c21. The molecule has 0 amide bonds. The summed E-state index contributed by atoms with van der Waals surface area (Å²) in [6.07, 6.45) is 32.8. The normalized spacial score (nSPS) is 14.7. The Hall–Kier alpha value is -7.00. The minimum atomic E-state index is -1.17. The average Bonchev–Trinajstić information content (AvgIpc) is 1.51. The quantitative estimate of drug-likeness (QED) is 0.0228. The Kier molecular flexibility index (Phi) is 22.1. The number of rotatable bonds is 32. The van der Waals surface area contributed by atoms with Crippen LogP contribution in [0, 0.1) is 68.8 Å². The number of unbranched alkanes of at least 4 members (excludes halogenated alkanes) is 18. The van der Waals surface area contributed by atoms with Gasteiger partial charge in [0.1, 0.15) is 46.5 Å². The molecule has 18 heteroatoms. The van der Waals surface area contributed by atoms with E-state index in [1.165, 1.54) is 109 Å². The third-order valence-electron chi connectivity index (χ3n) is 19.9. The summed E-state index contributed by atoms with van der Waals surface area (Å²) in [5.41, 5.74) is 10.3. The van der Waals surface area contributed by atoms with E-state index in [0.29, 0.717) is 28.2 Å². The van der Waals surface area contributed by atoms with E-state index in [2.05, 4.69) is 62.8 Å². The van der Waals surface area contributed by atoms with Gasteiger partial charge in [-0.15, -0.1) is 45.3 Å². The predicted octanol–water partition coefficient (Wildman–Crippen LogP) is 24.8. The molecule has 0 spiro atoms. The molecule has 10 aromatic rings. The van der Waals surface area contributed by atoms with Gasteiger partial charge in [0.2, 0.25) is 0 Å². The zero-order valence-electron chi connectivity index (χ0n) is 56.0. The Bertz CT molecular complexity index is 4940. The summed E-state index contributed by atoms with van der Waals surface area (Å²) in [6, 6.07) is 10.1. The maximum atomic E-state index is 15.2. The van der Waals surface area contributed by atoms with E-state index in [1.807, 2.05) is 40.3 Å². The lowest BCUT2D eigenvalue weighted by molar-refractivity contribution is 0.103. The van der Waals surface area contributed by atoms with Gasteiger partial charge in [-0.05, 0) is 96.7 Å². The van der Waals surface area contributed by atoms with Crippen molar-refractivity contribution in [3.05, 3.63) is 100.0 Å². The molecule has 2 aliphatic carbocycles. The molecule has 0 saturated carbocycles. The van der Waals surface area contributed by atoms with Crippen molar-refractivity contribution in [1.29, 1.82) is 21.0 Å². The van der Waals surface area contributed by atoms with Crippen molar-refractivity contribution in [1.82, 2.24) is 17.9 Å². The highest BCUT2D eigenvalue weighted by atomic mass is 32.1. The Morgan fingerprint density at radius 2 is 0.865 bits per heavy atom. The number of allylic oxidation sites excluding steroid dienone is 6. The maximum Gasteiger partial charge on any atom is 0.195 e. The molecule has 8 aromatic heterocycles. The fourth-order valence-electron chi connectivity index (χ4n) is 14.9. The lowest BCUT2D eigenvalue weighted by Crippen LogP contribution is -2.10. The van der Waals surface area contributed by atoms with Crippen LogP contribution in [-0.4, -0.2) is 29.4 Å². The number of ketones is 2. The first kappa shape index (κ1) is 68.9. The molecule has 8 heterocycles. The van der Waals surface area contributed by atoms with Crippen LogP contribution in [0.3, 0.4) is 0 Å². The number of fused-ring (bicyclic) bond motifs is 16. The highest BCUT2D eigenvalue weighted by molar-refractivity contribution is 7.34. The monoisotopic (exact) mass is 1390 g/mol. The van der Waals surface area contributed by atoms with Crippen LogP contribution in [0.15, 0.2) is 45.2 Å². The fraction of sp³-hybridized carbons (Fsp3) is 0.462. The molecule has 0 radical (unpaired) electrons. The van der Waals surface area contributed by atoms with E-state index in [9.17, 15) is 30.6 Å². The van der Waals surface area contributed by atoms with Crippen LogP contribution in [0.2, 0.25) is 0 Å². The summed E-state index contributed by atoms with van der Waals surface area (Å²) in [5.74, 6) is -2.47. The van der Waals surface area contributed by atoms with E-state index in [0.717, 1.165) is 200 Å². The van der Waals surface area contributed by atoms with Crippen LogP contribution in [0.25, 0.3) is 95.4 Å². The van der Waals surface area contributed by atoms with Gasteiger partial charge in [0.25, 0.3) is 0 Å². The number of carbonyl (C=O) groups is 2. The van der Waals surface area contributed by atoms with Gasteiger partial charge in [0.05, 0.1) is 62.0 Å². The van der Waals surface area contributed by atoms with Crippen molar-refractivity contribution < 1.29 is 18.4 Å². The lowest BCUT2D eigenvalue weighted by Gasteiger charge is -2.18. The van der Waals surface area contributed by atoms with Crippen LogP contribution in [0.5, 0.6) is 0 Å². The van der Waals surface area contributed by atoms with Crippen LogP contribution in [0.1, 0.15) is 248 Å². The molecule has 12 rings (SSSR count). The lowest BCUT2D eigenvalue weighted by atomic mass is 9.98.